The molecule has 100 valence electrons. The summed E-state index contributed by atoms with van der Waals surface area (Å²) in [4.78, 5) is 8.70. The number of nitrogens with one attached hydrogen (secondary N) is 1. The van der Waals surface area contributed by atoms with Gasteiger partial charge in [0.25, 0.3) is 0 Å². The van der Waals surface area contributed by atoms with Crippen molar-refractivity contribution >= 4 is 23.4 Å². The number of nitrogens with zero attached hydrogens (tertiary/aromatic N) is 2. The molecule has 0 aliphatic heterocycles. The second-order valence-corrected chi connectivity index (χ2v) is 5.42. The Labute approximate surface area is 122 Å². The topological polar surface area (TPSA) is 37.8 Å². The highest BCUT2D eigenvalue weighted by molar-refractivity contribution is 7.99. The molecule has 0 saturated heterocycles. The van der Waals surface area contributed by atoms with Gasteiger partial charge in [-0.2, -0.15) is 0 Å². The van der Waals surface area contributed by atoms with E-state index in [2.05, 4.69) is 28.3 Å². The molecule has 2 aromatic rings. The average Bonchev–Trinajstić information content (AvgIpc) is 2.43. The first-order valence-corrected chi connectivity index (χ1v) is 7.43. The molecule has 2 rings (SSSR count). The minimum atomic E-state index is 0.658. The van der Waals surface area contributed by atoms with Crippen molar-refractivity contribution in [1.82, 2.24) is 15.3 Å². The van der Waals surface area contributed by atoms with Gasteiger partial charge in [0.05, 0.1) is 5.02 Å². The SMILES string of the molecule is CCCNCc1cccnc1Sc1ncccc1Cl. The summed E-state index contributed by atoms with van der Waals surface area (Å²) in [6, 6.07) is 7.70. The van der Waals surface area contributed by atoms with Crippen molar-refractivity contribution in [3.8, 4) is 0 Å². The van der Waals surface area contributed by atoms with Crippen LogP contribution in [-0.2, 0) is 6.54 Å². The standard InChI is InChI=1S/C14H16ClN3S/c1-2-7-16-10-11-5-3-8-17-13(11)19-14-12(15)6-4-9-18-14/h3-6,8-9,16H,2,7,10H2,1H3. The molecule has 0 atom stereocenters. The Morgan fingerprint density at radius 3 is 2.63 bits per heavy atom. The van der Waals surface area contributed by atoms with E-state index in [0.717, 1.165) is 29.6 Å². The fraction of sp³-hybridized carbons (Fsp3) is 0.286. The van der Waals surface area contributed by atoms with Crippen LogP contribution in [0, 0.1) is 0 Å². The third-order valence-electron chi connectivity index (χ3n) is 2.51. The summed E-state index contributed by atoms with van der Waals surface area (Å²) in [7, 11) is 0. The summed E-state index contributed by atoms with van der Waals surface area (Å²) in [5.41, 5.74) is 1.17. The van der Waals surface area contributed by atoms with Crippen LogP contribution >= 0.6 is 23.4 Å². The maximum Gasteiger partial charge on any atom is 0.121 e. The highest BCUT2D eigenvalue weighted by atomic mass is 35.5. The van der Waals surface area contributed by atoms with E-state index in [1.54, 1.807) is 12.4 Å². The molecule has 0 bridgehead atoms. The molecule has 0 spiro atoms. The van der Waals surface area contributed by atoms with Gasteiger partial charge in [0.15, 0.2) is 0 Å². The first-order valence-electron chi connectivity index (χ1n) is 6.24. The van der Waals surface area contributed by atoms with Crippen LogP contribution in [0.4, 0.5) is 0 Å². The van der Waals surface area contributed by atoms with Crippen LogP contribution < -0.4 is 5.32 Å². The second-order valence-electron chi connectivity index (χ2n) is 4.04. The summed E-state index contributed by atoms with van der Waals surface area (Å²) in [5, 5.41) is 5.79. The number of hydrogen-bond acceptors (Lipinski definition) is 4. The second kappa shape index (κ2) is 7.48. The van der Waals surface area contributed by atoms with Crippen molar-refractivity contribution < 1.29 is 0 Å². The molecule has 0 fully saturated rings. The van der Waals surface area contributed by atoms with E-state index in [9.17, 15) is 0 Å². The van der Waals surface area contributed by atoms with Crippen molar-refractivity contribution in [1.29, 1.82) is 0 Å². The summed E-state index contributed by atoms with van der Waals surface area (Å²) >= 11 is 7.63. The number of halogens is 1. The predicted octanol–water partition coefficient (Wildman–Crippen LogP) is 3.78. The van der Waals surface area contributed by atoms with Gasteiger partial charge in [-0.3, -0.25) is 0 Å². The average molecular weight is 294 g/mol. The molecule has 0 amide bonds. The third kappa shape index (κ3) is 4.20. The Morgan fingerprint density at radius 2 is 1.89 bits per heavy atom. The zero-order valence-corrected chi connectivity index (χ0v) is 12.3. The molecule has 5 heteroatoms. The van der Waals surface area contributed by atoms with Crippen molar-refractivity contribution in [2.24, 2.45) is 0 Å². The van der Waals surface area contributed by atoms with Gasteiger partial charge in [-0.25, -0.2) is 9.97 Å². The molecule has 3 nitrogen and oxygen atoms in total. The summed E-state index contributed by atoms with van der Waals surface area (Å²) in [6.07, 6.45) is 4.66. The van der Waals surface area contributed by atoms with Crippen LogP contribution in [0.2, 0.25) is 5.02 Å². The molecule has 0 radical (unpaired) electrons. The summed E-state index contributed by atoms with van der Waals surface area (Å²) < 4.78 is 0. The maximum absolute atomic E-state index is 6.13. The van der Waals surface area contributed by atoms with E-state index in [4.69, 9.17) is 11.6 Å². The first kappa shape index (κ1) is 14.3. The van der Waals surface area contributed by atoms with Gasteiger partial charge in [-0.15, -0.1) is 0 Å². The lowest BCUT2D eigenvalue weighted by molar-refractivity contribution is 0.665. The minimum absolute atomic E-state index is 0.658. The lowest BCUT2D eigenvalue weighted by Crippen LogP contribution is -2.14. The monoisotopic (exact) mass is 293 g/mol. The van der Waals surface area contributed by atoms with Crippen LogP contribution in [0.15, 0.2) is 46.7 Å². The van der Waals surface area contributed by atoms with Crippen LogP contribution in [0.25, 0.3) is 0 Å². The molecule has 1 N–H and O–H groups in total. The highest BCUT2D eigenvalue weighted by Gasteiger charge is 2.08. The number of rotatable bonds is 6. The van der Waals surface area contributed by atoms with Gasteiger partial charge in [0.2, 0.25) is 0 Å². The van der Waals surface area contributed by atoms with Crippen LogP contribution in [0.3, 0.4) is 0 Å². The molecule has 2 heterocycles. The fourth-order valence-electron chi connectivity index (χ4n) is 1.59. The van der Waals surface area contributed by atoms with E-state index < -0.39 is 0 Å². The fourth-order valence-corrected chi connectivity index (χ4v) is 2.67. The van der Waals surface area contributed by atoms with Gasteiger partial charge < -0.3 is 5.32 Å². The van der Waals surface area contributed by atoms with Gasteiger partial charge >= 0.3 is 0 Å². The van der Waals surface area contributed by atoms with Crippen LogP contribution in [-0.4, -0.2) is 16.5 Å². The molecule has 0 unspecified atom stereocenters. The molecule has 0 saturated carbocycles. The molecule has 19 heavy (non-hydrogen) atoms. The highest BCUT2D eigenvalue weighted by Crippen LogP contribution is 2.31. The normalized spacial score (nSPS) is 10.6. The van der Waals surface area contributed by atoms with Crippen molar-refractivity contribution in [3.05, 3.63) is 47.2 Å². The van der Waals surface area contributed by atoms with E-state index in [-0.39, 0.29) is 0 Å². The largest absolute Gasteiger partial charge is 0.313 e. The van der Waals surface area contributed by atoms with Gasteiger partial charge in [-0.05, 0) is 48.5 Å². The molecular formula is C14H16ClN3S. The predicted molar refractivity (Wildman–Crippen MR) is 79.6 cm³/mol. The maximum atomic E-state index is 6.13. The van der Waals surface area contributed by atoms with Crippen LogP contribution in [0.1, 0.15) is 18.9 Å². The van der Waals surface area contributed by atoms with Crippen molar-refractivity contribution in [2.45, 2.75) is 29.9 Å². The van der Waals surface area contributed by atoms with Gasteiger partial charge in [0.1, 0.15) is 10.1 Å². The van der Waals surface area contributed by atoms with Crippen molar-refractivity contribution in [3.63, 3.8) is 0 Å². The lowest BCUT2D eigenvalue weighted by atomic mass is 10.3. The Hall–Kier alpha value is -1.10. The van der Waals surface area contributed by atoms with Gasteiger partial charge in [-0.1, -0.05) is 24.6 Å². The van der Waals surface area contributed by atoms with E-state index in [1.165, 1.54) is 17.3 Å². The molecule has 0 aromatic carbocycles. The Kier molecular flexibility index (Phi) is 5.63. The zero-order chi connectivity index (χ0) is 13.5. The molecule has 2 aromatic heterocycles. The summed E-state index contributed by atoms with van der Waals surface area (Å²) in [5.74, 6) is 0. The van der Waals surface area contributed by atoms with Crippen molar-refractivity contribution in [2.75, 3.05) is 6.54 Å². The zero-order valence-electron chi connectivity index (χ0n) is 10.8. The smallest absolute Gasteiger partial charge is 0.121 e. The minimum Gasteiger partial charge on any atom is -0.313 e. The lowest BCUT2D eigenvalue weighted by Gasteiger charge is -2.09. The number of pyridine rings is 2. The molecular weight excluding hydrogens is 278 g/mol. The quantitative estimate of drug-likeness (QED) is 0.823. The van der Waals surface area contributed by atoms with Crippen LogP contribution in [0.5, 0.6) is 0 Å². The molecule has 0 aliphatic rings. The number of aromatic nitrogens is 2. The van der Waals surface area contributed by atoms with E-state index in [0.29, 0.717) is 5.02 Å². The van der Waals surface area contributed by atoms with E-state index in [1.807, 2.05) is 18.2 Å². The first-order chi connectivity index (χ1) is 9.31. The third-order valence-corrected chi connectivity index (χ3v) is 4.01. The Balaban J connectivity index is 2.13. The number of hydrogen-bond donors (Lipinski definition) is 1. The van der Waals surface area contributed by atoms with E-state index >= 15 is 0 Å². The Bertz CT molecular complexity index is 534. The Morgan fingerprint density at radius 1 is 1.16 bits per heavy atom. The van der Waals surface area contributed by atoms with Gasteiger partial charge in [0, 0.05) is 18.9 Å². The summed E-state index contributed by atoms with van der Waals surface area (Å²) in [6.45, 7) is 3.97. The molecule has 0 aliphatic carbocycles.